The second kappa shape index (κ2) is 6.46. The Morgan fingerprint density at radius 2 is 1.46 bits per heavy atom. The number of nitrogens with two attached hydrogens (primary N) is 2. The van der Waals surface area contributed by atoms with Crippen molar-refractivity contribution in [2.45, 2.75) is 37.8 Å². The number of aromatic nitrogens is 4. The molecule has 2 aliphatic rings. The molecule has 0 atom stereocenters. The van der Waals surface area contributed by atoms with Gasteiger partial charge in [-0.25, -0.2) is 9.59 Å². The first-order valence-electron chi connectivity index (χ1n) is 7.92. The summed E-state index contributed by atoms with van der Waals surface area (Å²) in [6.45, 7) is 0. The fourth-order valence-electron chi connectivity index (χ4n) is 2.51. The summed E-state index contributed by atoms with van der Waals surface area (Å²) in [6.07, 6.45) is 3.36. The van der Waals surface area contributed by atoms with Crippen molar-refractivity contribution in [3.63, 3.8) is 0 Å². The lowest BCUT2D eigenvalue weighted by Gasteiger charge is -2.02. The molecular weight excluding hydrogens is 346 g/mol. The number of rotatable bonds is 3. The Bertz CT molecular complexity index is 1050. The molecule has 2 aromatic rings. The van der Waals surface area contributed by atoms with Crippen LogP contribution in [-0.2, 0) is 0 Å². The molecule has 4 rings (SSSR count). The fourth-order valence-corrected chi connectivity index (χ4v) is 2.51. The van der Waals surface area contributed by atoms with Crippen LogP contribution in [0.25, 0.3) is 0 Å². The molecule has 0 radical (unpaired) electrons. The number of H-pyrrole nitrogens is 2. The highest BCUT2D eigenvalue weighted by molar-refractivity contribution is 5.54. The standard InChI is InChI=1S/C7H8N4O3.C7H9N3O2/c8-5-4(10-14)6(12)11(3-1-2-3)7(13)9-5;8-5-3-6(11)10(4-1-2-4)7(12)9-5/h3H,1-2,8H2,(H,9,13);3-4H,1-2,8H2,(H,9,12). The maximum absolute atomic E-state index is 11.5. The number of aromatic amines is 2. The van der Waals surface area contributed by atoms with Crippen LogP contribution in [0.3, 0.4) is 0 Å². The van der Waals surface area contributed by atoms with Crippen molar-refractivity contribution in [3.8, 4) is 0 Å². The molecule has 2 saturated carbocycles. The van der Waals surface area contributed by atoms with Gasteiger partial charge in [0.05, 0.1) is 0 Å². The average molecular weight is 363 g/mol. The van der Waals surface area contributed by atoms with Crippen LogP contribution < -0.4 is 34.0 Å². The Kier molecular flexibility index (Phi) is 4.32. The molecule has 0 amide bonds. The van der Waals surface area contributed by atoms with Crippen molar-refractivity contribution in [3.05, 3.63) is 52.6 Å². The van der Waals surface area contributed by atoms with E-state index in [1.54, 1.807) is 0 Å². The second-order valence-corrected chi connectivity index (χ2v) is 6.16. The number of nitrogen functional groups attached to an aromatic ring is 2. The monoisotopic (exact) mass is 363 g/mol. The van der Waals surface area contributed by atoms with Crippen molar-refractivity contribution in [2.24, 2.45) is 5.18 Å². The first-order valence-corrected chi connectivity index (χ1v) is 7.92. The molecule has 12 heteroatoms. The highest BCUT2D eigenvalue weighted by Gasteiger charge is 2.28. The van der Waals surface area contributed by atoms with E-state index >= 15 is 0 Å². The summed E-state index contributed by atoms with van der Waals surface area (Å²) in [5.74, 6) is -0.145. The number of anilines is 2. The van der Waals surface area contributed by atoms with Crippen molar-refractivity contribution in [1.29, 1.82) is 0 Å². The summed E-state index contributed by atoms with van der Waals surface area (Å²) >= 11 is 0. The van der Waals surface area contributed by atoms with E-state index in [9.17, 15) is 24.1 Å². The SMILES string of the molecule is Nc1[nH]c(=O)n(C2CC2)c(=O)c1N=O.Nc1cc(=O)n(C2CC2)c(=O)[nH]1. The third-order valence-corrected chi connectivity index (χ3v) is 4.04. The normalized spacial score (nSPS) is 15.8. The van der Waals surface area contributed by atoms with E-state index in [2.05, 4.69) is 15.1 Å². The Morgan fingerprint density at radius 1 is 0.923 bits per heavy atom. The molecule has 0 saturated heterocycles. The molecule has 0 aliphatic heterocycles. The van der Waals surface area contributed by atoms with Gasteiger partial charge >= 0.3 is 11.4 Å². The van der Waals surface area contributed by atoms with Crippen LogP contribution in [0, 0.1) is 4.91 Å². The Hall–Kier alpha value is -3.44. The van der Waals surface area contributed by atoms with Crippen LogP contribution in [0.1, 0.15) is 37.8 Å². The Labute approximate surface area is 144 Å². The molecule has 6 N–H and O–H groups in total. The predicted molar refractivity (Wildman–Crippen MR) is 93.5 cm³/mol. The average Bonchev–Trinajstić information content (AvgIpc) is 3.41. The molecule has 0 bridgehead atoms. The van der Waals surface area contributed by atoms with Crippen molar-refractivity contribution >= 4 is 17.3 Å². The molecular formula is C14H17N7O5. The lowest BCUT2D eigenvalue weighted by molar-refractivity contribution is 0.657. The summed E-state index contributed by atoms with van der Waals surface area (Å²) in [5.41, 5.74) is 8.13. The van der Waals surface area contributed by atoms with E-state index in [1.165, 1.54) is 10.6 Å². The first kappa shape index (κ1) is 17.4. The van der Waals surface area contributed by atoms with E-state index in [-0.39, 0.29) is 29.3 Å². The number of nitroso groups, excluding NO2 is 1. The van der Waals surface area contributed by atoms with Gasteiger partial charge in [-0.15, -0.1) is 4.91 Å². The molecule has 0 aromatic carbocycles. The number of hydrogen-bond acceptors (Lipinski definition) is 8. The summed E-state index contributed by atoms with van der Waals surface area (Å²) in [5, 5.41) is 2.50. The third kappa shape index (κ3) is 3.34. The van der Waals surface area contributed by atoms with Crippen LogP contribution in [0.15, 0.2) is 30.4 Å². The molecule has 26 heavy (non-hydrogen) atoms. The van der Waals surface area contributed by atoms with Gasteiger partial charge in [0.2, 0.25) is 5.69 Å². The fraction of sp³-hybridized carbons (Fsp3) is 0.429. The minimum Gasteiger partial charge on any atom is -0.385 e. The van der Waals surface area contributed by atoms with Gasteiger partial charge in [0, 0.05) is 18.2 Å². The van der Waals surface area contributed by atoms with E-state index in [4.69, 9.17) is 11.5 Å². The summed E-state index contributed by atoms with van der Waals surface area (Å²) < 4.78 is 2.21. The second-order valence-electron chi connectivity index (χ2n) is 6.16. The van der Waals surface area contributed by atoms with Gasteiger partial charge in [0.1, 0.15) is 11.6 Å². The van der Waals surface area contributed by atoms with Gasteiger partial charge in [-0.1, -0.05) is 0 Å². The molecule has 2 aromatic heterocycles. The van der Waals surface area contributed by atoms with Gasteiger partial charge < -0.3 is 11.5 Å². The van der Waals surface area contributed by atoms with Crippen LogP contribution in [-0.4, -0.2) is 19.1 Å². The van der Waals surface area contributed by atoms with Crippen molar-refractivity contribution in [2.75, 3.05) is 11.5 Å². The number of nitrogens with one attached hydrogen (secondary N) is 2. The minimum absolute atomic E-state index is 0.0989. The van der Waals surface area contributed by atoms with Gasteiger partial charge in [-0.2, -0.15) is 0 Å². The van der Waals surface area contributed by atoms with Crippen LogP contribution in [0.2, 0.25) is 0 Å². The zero-order chi connectivity index (χ0) is 19.0. The predicted octanol–water partition coefficient (Wildman–Crippen LogP) is -0.695. The molecule has 2 heterocycles. The topological polar surface area (TPSA) is 191 Å². The van der Waals surface area contributed by atoms with Crippen molar-refractivity contribution < 1.29 is 0 Å². The van der Waals surface area contributed by atoms with Crippen LogP contribution in [0.5, 0.6) is 0 Å². The van der Waals surface area contributed by atoms with Crippen LogP contribution >= 0.6 is 0 Å². The molecule has 0 unspecified atom stereocenters. The zero-order valence-corrected chi connectivity index (χ0v) is 13.6. The van der Waals surface area contributed by atoms with E-state index in [0.717, 1.165) is 30.3 Å². The molecule has 0 spiro atoms. The number of hydrogen-bond donors (Lipinski definition) is 4. The maximum Gasteiger partial charge on any atom is 0.330 e. The summed E-state index contributed by atoms with van der Waals surface area (Å²) in [7, 11) is 0. The minimum atomic E-state index is -0.705. The first-order chi connectivity index (χ1) is 12.3. The van der Waals surface area contributed by atoms with E-state index < -0.39 is 22.6 Å². The van der Waals surface area contributed by atoms with Crippen LogP contribution in [0.4, 0.5) is 17.3 Å². The third-order valence-electron chi connectivity index (χ3n) is 4.04. The van der Waals surface area contributed by atoms with Crippen molar-refractivity contribution in [1.82, 2.24) is 19.1 Å². The smallest absolute Gasteiger partial charge is 0.330 e. The highest BCUT2D eigenvalue weighted by atomic mass is 16.3. The van der Waals surface area contributed by atoms with Gasteiger partial charge in [-0.05, 0) is 30.9 Å². The van der Waals surface area contributed by atoms with E-state index in [1.807, 2.05) is 0 Å². The van der Waals surface area contributed by atoms with E-state index in [0.29, 0.717) is 0 Å². The largest absolute Gasteiger partial charge is 0.385 e. The Balaban J connectivity index is 0.000000152. The van der Waals surface area contributed by atoms with Gasteiger partial charge in [0.15, 0.2) is 0 Å². The maximum atomic E-state index is 11.5. The van der Waals surface area contributed by atoms with Gasteiger partial charge in [-0.3, -0.25) is 28.7 Å². The molecule has 2 aliphatic carbocycles. The Morgan fingerprint density at radius 3 is 1.96 bits per heavy atom. The molecule has 12 nitrogen and oxygen atoms in total. The molecule has 2 fully saturated rings. The van der Waals surface area contributed by atoms with Gasteiger partial charge in [0.25, 0.3) is 11.1 Å². The highest BCUT2D eigenvalue weighted by Crippen LogP contribution is 2.32. The summed E-state index contributed by atoms with van der Waals surface area (Å²) in [6, 6.07) is 1.23. The zero-order valence-electron chi connectivity index (χ0n) is 13.6. The quantitative estimate of drug-likeness (QED) is 0.518. The lowest BCUT2D eigenvalue weighted by atomic mass is 10.4. The number of nitrogens with zero attached hydrogens (tertiary/aromatic N) is 3. The lowest BCUT2D eigenvalue weighted by Crippen LogP contribution is -2.34. The molecule has 138 valence electrons. The summed E-state index contributed by atoms with van der Waals surface area (Å²) in [4.78, 5) is 60.0.